The highest BCUT2D eigenvalue weighted by molar-refractivity contribution is 9.11. The van der Waals surface area contributed by atoms with E-state index in [9.17, 15) is 0 Å². The highest BCUT2D eigenvalue weighted by Crippen LogP contribution is 2.67. The van der Waals surface area contributed by atoms with E-state index in [4.69, 9.17) is 0 Å². The van der Waals surface area contributed by atoms with E-state index in [1.807, 2.05) is 11.1 Å². The standard InChI is InChI=1S/C22H29Br/c1-22-10-13-4-14(11-22)8-17(7-13)21(22)20-16-6-12-2-3-18(23)19(20)15(5-12)9-16/h3,12-17,19H,2,4-11H2,1H3. The molecule has 0 amide bonds. The summed E-state index contributed by atoms with van der Waals surface area (Å²) in [4.78, 5) is 0. The maximum Gasteiger partial charge on any atom is 0.0145 e. The van der Waals surface area contributed by atoms with Crippen LogP contribution in [0, 0.1) is 46.8 Å². The lowest BCUT2D eigenvalue weighted by Gasteiger charge is -2.58. The van der Waals surface area contributed by atoms with Crippen molar-refractivity contribution >= 4 is 15.9 Å². The summed E-state index contributed by atoms with van der Waals surface area (Å²) in [5, 5.41) is 0. The molecule has 0 aromatic carbocycles. The van der Waals surface area contributed by atoms with Crippen LogP contribution in [0.3, 0.4) is 0 Å². The molecule has 7 aliphatic carbocycles. The normalized spacial score (nSPS) is 59.4. The summed E-state index contributed by atoms with van der Waals surface area (Å²) in [7, 11) is 0. The number of hydrogen-bond acceptors (Lipinski definition) is 0. The highest BCUT2D eigenvalue weighted by atomic mass is 79.9. The molecular formula is C22H29Br. The second kappa shape index (κ2) is 4.57. The average molecular weight is 373 g/mol. The SMILES string of the molecule is CC12CC3CC(CC(C3)C1=C1C3CC4CC=C(Br)C1C(C4)C3)C2. The van der Waals surface area contributed by atoms with Gasteiger partial charge in [-0.15, -0.1) is 0 Å². The monoisotopic (exact) mass is 372 g/mol. The summed E-state index contributed by atoms with van der Waals surface area (Å²) in [6.07, 6.45) is 16.1. The number of fused-ring (bicyclic) bond motifs is 2. The maximum absolute atomic E-state index is 4.05. The van der Waals surface area contributed by atoms with Crippen LogP contribution in [0.1, 0.15) is 64.7 Å². The largest absolute Gasteiger partial charge is 0.0735 e. The quantitative estimate of drug-likeness (QED) is 0.427. The zero-order valence-electron chi connectivity index (χ0n) is 14.4. The van der Waals surface area contributed by atoms with Crippen LogP contribution in [-0.2, 0) is 0 Å². The van der Waals surface area contributed by atoms with Crippen LogP contribution in [-0.4, -0.2) is 0 Å². The highest BCUT2D eigenvalue weighted by Gasteiger charge is 2.56. The van der Waals surface area contributed by atoms with Crippen molar-refractivity contribution < 1.29 is 0 Å². The van der Waals surface area contributed by atoms with Gasteiger partial charge in [0, 0.05) is 5.92 Å². The molecule has 23 heavy (non-hydrogen) atoms. The van der Waals surface area contributed by atoms with Gasteiger partial charge in [0.2, 0.25) is 0 Å². The summed E-state index contributed by atoms with van der Waals surface area (Å²) < 4.78 is 1.58. The van der Waals surface area contributed by atoms with E-state index in [2.05, 4.69) is 28.9 Å². The average Bonchev–Trinajstić information content (AvgIpc) is 2.67. The molecule has 7 rings (SSSR count). The van der Waals surface area contributed by atoms with Gasteiger partial charge in [0.1, 0.15) is 0 Å². The Morgan fingerprint density at radius 1 is 0.913 bits per heavy atom. The van der Waals surface area contributed by atoms with Crippen LogP contribution >= 0.6 is 15.9 Å². The summed E-state index contributed by atoms with van der Waals surface area (Å²) >= 11 is 4.05. The van der Waals surface area contributed by atoms with Gasteiger partial charge in [-0.1, -0.05) is 40.1 Å². The lowest BCUT2D eigenvalue weighted by atomic mass is 9.47. The molecule has 124 valence electrons. The summed E-state index contributed by atoms with van der Waals surface area (Å²) in [5.41, 5.74) is 4.60. The fourth-order valence-electron chi connectivity index (χ4n) is 8.67. The molecule has 0 aromatic heterocycles. The molecule has 0 aromatic rings. The predicted molar refractivity (Wildman–Crippen MR) is 98.1 cm³/mol. The van der Waals surface area contributed by atoms with Crippen LogP contribution in [0.5, 0.6) is 0 Å². The summed E-state index contributed by atoms with van der Waals surface area (Å²) in [6, 6.07) is 0. The minimum Gasteiger partial charge on any atom is -0.0735 e. The van der Waals surface area contributed by atoms with Gasteiger partial charge < -0.3 is 0 Å². The first kappa shape index (κ1) is 14.2. The van der Waals surface area contributed by atoms with Gasteiger partial charge in [-0.25, -0.2) is 0 Å². The minimum absolute atomic E-state index is 0.585. The van der Waals surface area contributed by atoms with Crippen molar-refractivity contribution in [1.82, 2.24) is 0 Å². The Morgan fingerprint density at radius 3 is 2.39 bits per heavy atom. The van der Waals surface area contributed by atoms with Crippen molar-refractivity contribution in [2.24, 2.45) is 46.8 Å². The predicted octanol–water partition coefficient (Wildman–Crippen LogP) is 6.47. The molecule has 0 nitrogen and oxygen atoms in total. The topological polar surface area (TPSA) is 0 Å². The summed E-state index contributed by atoms with van der Waals surface area (Å²) in [6.45, 7) is 2.67. The first-order chi connectivity index (χ1) is 11.1. The van der Waals surface area contributed by atoms with E-state index >= 15 is 0 Å². The van der Waals surface area contributed by atoms with Crippen molar-refractivity contribution in [3.05, 3.63) is 21.7 Å². The Hall–Kier alpha value is -0.0400. The molecule has 0 N–H and O–H groups in total. The second-order valence-electron chi connectivity index (χ2n) is 10.3. The fourth-order valence-corrected chi connectivity index (χ4v) is 9.47. The number of hydrogen-bond donors (Lipinski definition) is 0. The number of rotatable bonds is 0. The molecule has 0 saturated heterocycles. The van der Waals surface area contributed by atoms with Crippen molar-refractivity contribution in [3.63, 3.8) is 0 Å². The molecule has 6 unspecified atom stereocenters. The number of halogens is 1. The van der Waals surface area contributed by atoms with Crippen LogP contribution in [0.2, 0.25) is 0 Å². The Morgan fingerprint density at radius 2 is 1.65 bits per heavy atom. The lowest BCUT2D eigenvalue weighted by molar-refractivity contribution is 0.0110. The van der Waals surface area contributed by atoms with E-state index in [1.54, 1.807) is 23.7 Å². The van der Waals surface area contributed by atoms with Crippen molar-refractivity contribution in [3.8, 4) is 0 Å². The Labute approximate surface area is 149 Å². The third-order valence-corrected chi connectivity index (χ3v) is 9.60. The van der Waals surface area contributed by atoms with Crippen LogP contribution in [0.15, 0.2) is 21.7 Å². The van der Waals surface area contributed by atoms with Crippen molar-refractivity contribution in [2.75, 3.05) is 0 Å². The van der Waals surface area contributed by atoms with Gasteiger partial charge in [-0.3, -0.25) is 0 Å². The van der Waals surface area contributed by atoms with Gasteiger partial charge in [-0.2, -0.15) is 0 Å². The smallest absolute Gasteiger partial charge is 0.0145 e. The summed E-state index contributed by atoms with van der Waals surface area (Å²) in [5.74, 6) is 6.81. The molecule has 0 spiro atoms. The lowest BCUT2D eigenvalue weighted by Crippen LogP contribution is -2.47. The molecule has 6 atom stereocenters. The maximum atomic E-state index is 4.05. The molecule has 0 heterocycles. The first-order valence-electron chi connectivity index (χ1n) is 10.2. The van der Waals surface area contributed by atoms with Gasteiger partial charge in [0.25, 0.3) is 0 Å². The Kier molecular flexibility index (Phi) is 2.81. The van der Waals surface area contributed by atoms with E-state index in [-0.39, 0.29) is 0 Å². The Balaban J connectivity index is 1.55. The van der Waals surface area contributed by atoms with E-state index in [0.29, 0.717) is 5.41 Å². The van der Waals surface area contributed by atoms with Gasteiger partial charge in [0.15, 0.2) is 0 Å². The van der Waals surface area contributed by atoms with Crippen LogP contribution in [0.4, 0.5) is 0 Å². The fraction of sp³-hybridized carbons (Fsp3) is 0.818. The molecule has 6 fully saturated rings. The van der Waals surface area contributed by atoms with E-state index < -0.39 is 0 Å². The molecule has 0 aliphatic heterocycles. The zero-order valence-corrected chi connectivity index (χ0v) is 15.9. The first-order valence-corrected chi connectivity index (χ1v) is 11.0. The van der Waals surface area contributed by atoms with E-state index in [1.165, 1.54) is 38.5 Å². The molecular weight excluding hydrogens is 344 g/mol. The number of allylic oxidation sites excluding steroid dienone is 4. The molecule has 0 radical (unpaired) electrons. The van der Waals surface area contributed by atoms with Gasteiger partial charge >= 0.3 is 0 Å². The van der Waals surface area contributed by atoms with Crippen molar-refractivity contribution in [1.29, 1.82) is 0 Å². The van der Waals surface area contributed by atoms with Gasteiger partial charge in [-0.05, 0) is 103 Å². The molecule has 6 saturated carbocycles. The van der Waals surface area contributed by atoms with Crippen molar-refractivity contribution in [2.45, 2.75) is 64.7 Å². The van der Waals surface area contributed by atoms with Gasteiger partial charge in [0.05, 0.1) is 0 Å². The van der Waals surface area contributed by atoms with Crippen LogP contribution < -0.4 is 0 Å². The zero-order chi connectivity index (χ0) is 15.3. The Bertz CT molecular complexity index is 612. The molecule has 1 heteroatoms. The second-order valence-corrected chi connectivity index (χ2v) is 11.2. The minimum atomic E-state index is 0.585. The molecule has 7 aliphatic rings. The third-order valence-electron chi connectivity index (χ3n) is 8.78. The van der Waals surface area contributed by atoms with Crippen LogP contribution in [0.25, 0.3) is 0 Å². The van der Waals surface area contributed by atoms with E-state index in [0.717, 1.165) is 41.4 Å². The molecule has 7 bridgehead atoms. The third kappa shape index (κ3) is 1.84.